The van der Waals surface area contributed by atoms with Crippen molar-refractivity contribution in [2.24, 2.45) is 0 Å². The zero-order valence-corrected chi connectivity index (χ0v) is 15.0. The minimum absolute atomic E-state index is 0.105. The molecule has 0 aliphatic rings. The minimum Gasteiger partial charge on any atom is -0.487 e. The predicted molar refractivity (Wildman–Crippen MR) is 93.9 cm³/mol. The normalized spacial score (nSPS) is 10.1. The molecular weight excluding hydrogens is 368 g/mol. The highest BCUT2D eigenvalue weighted by atomic mass is 35.5. The number of ether oxygens (including phenoxy) is 2. The second kappa shape index (κ2) is 9.72. The highest BCUT2D eigenvalue weighted by molar-refractivity contribution is 6.31. The van der Waals surface area contributed by atoms with Crippen LogP contribution in [0.3, 0.4) is 0 Å². The molecule has 0 atom stereocenters. The lowest BCUT2D eigenvalue weighted by atomic mass is 10.1. The molecule has 5 nitrogen and oxygen atoms in total. The number of hydrogen-bond acceptors (Lipinski definition) is 4. The number of hydrogen-bond donors (Lipinski definition) is 1. The maximum atomic E-state index is 13.8. The van der Waals surface area contributed by atoms with E-state index in [2.05, 4.69) is 18.1 Å². The van der Waals surface area contributed by atoms with Gasteiger partial charge in [0.1, 0.15) is 29.0 Å². The molecule has 1 N–H and O–H groups in total. The Morgan fingerprint density at radius 2 is 1.92 bits per heavy atom. The summed E-state index contributed by atoms with van der Waals surface area (Å²) in [7, 11) is 0. The van der Waals surface area contributed by atoms with E-state index in [0.717, 1.165) is 6.07 Å². The Hall–Kier alpha value is -2.67. The second-order valence-electron chi connectivity index (χ2n) is 5.14. The molecule has 1 aromatic heterocycles. The molecule has 0 amide bonds. The van der Waals surface area contributed by atoms with Gasteiger partial charge in [-0.15, -0.1) is 13.2 Å². The third-order valence-electron chi connectivity index (χ3n) is 2.89. The molecule has 2 rings (SSSR count). The van der Waals surface area contributed by atoms with Crippen LogP contribution in [0.25, 0.3) is 0 Å². The average molecular weight is 386 g/mol. The summed E-state index contributed by atoms with van der Waals surface area (Å²) in [4.78, 5) is 14.7. The number of carbonyl (C=O) groups is 1. The van der Waals surface area contributed by atoms with E-state index >= 15 is 0 Å². The SMILES string of the molecule is C=C.CC(C)Oc1ncc(OCc2cc(F)c(C(=O)O)cc2F)cc1Cl. The van der Waals surface area contributed by atoms with Crippen molar-refractivity contribution in [2.45, 2.75) is 26.6 Å². The van der Waals surface area contributed by atoms with Crippen LogP contribution in [0.2, 0.25) is 5.02 Å². The van der Waals surface area contributed by atoms with Crippen molar-refractivity contribution in [3.8, 4) is 11.6 Å². The Balaban J connectivity index is 0.00000163. The molecule has 8 heteroatoms. The summed E-state index contributed by atoms with van der Waals surface area (Å²) < 4.78 is 38.1. The van der Waals surface area contributed by atoms with Crippen LogP contribution in [0.15, 0.2) is 37.6 Å². The van der Waals surface area contributed by atoms with E-state index in [1.165, 1.54) is 12.3 Å². The third-order valence-corrected chi connectivity index (χ3v) is 3.16. The van der Waals surface area contributed by atoms with Crippen molar-refractivity contribution in [3.05, 3.63) is 65.3 Å². The van der Waals surface area contributed by atoms with Gasteiger partial charge in [-0.05, 0) is 26.0 Å². The maximum absolute atomic E-state index is 13.8. The van der Waals surface area contributed by atoms with Crippen LogP contribution in [0.5, 0.6) is 11.6 Å². The van der Waals surface area contributed by atoms with Gasteiger partial charge in [-0.2, -0.15) is 0 Å². The molecule has 140 valence electrons. The summed E-state index contributed by atoms with van der Waals surface area (Å²) in [6.07, 6.45) is 1.23. The molecule has 0 spiro atoms. The fourth-order valence-electron chi connectivity index (χ4n) is 1.82. The standard InChI is InChI=1S/C16H14ClF2NO4.C2H4/c1-8(2)24-15-12(17)4-10(6-20-15)23-7-9-3-14(19)11(16(21)22)5-13(9)18;1-2/h3-6,8H,7H2,1-2H3,(H,21,22);1-2H2. The van der Waals surface area contributed by atoms with Gasteiger partial charge in [-0.25, -0.2) is 18.6 Å². The quantitative estimate of drug-likeness (QED) is 0.718. The highest BCUT2D eigenvalue weighted by Gasteiger charge is 2.16. The monoisotopic (exact) mass is 385 g/mol. The van der Waals surface area contributed by atoms with Crippen molar-refractivity contribution in [1.82, 2.24) is 4.98 Å². The number of rotatable bonds is 6. The lowest BCUT2D eigenvalue weighted by Gasteiger charge is -2.12. The first kappa shape index (κ1) is 21.4. The summed E-state index contributed by atoms with van der Waals surface area (Å²) in [5.74, 6) is -3.00. The number of carboxylic acids is 1. The van der Waals surface area contributed by atoms with Crippen LogP contribution in [0.1, 0.15) is 29.8 Å². The van der Waals surface area contributed by atoms with E-state index in [1.807, 2.05) is 13.8 Å². The molecule has 1 aromatic carbocycles. The zero-order chi connectivity index (χ0) is 19.9. The zero-order valence-electron chi connectivity index (χ0n) is 14.3. The topological polar surface area (TPSA) is 68.7 Å². The summed E-state index contributed by atoms with van der Waals surface area (Å²) in [6.45, 7) is 9.33. The lowest BCUT2D eigenvalue weighted by molar-refractivity contribution is 0.0691. The minimum atomic E-state index is -1.55. The Morgan fingerprint density at radius 1 is 1.27 bits per heavy atom. The van der Waals surface area contributed by atoms with Crippen LogP contribution in [0.4, 0.5) is 8.78 Å². The van der Waals surface area contributed by atoms with E-state index in [-0.39, 0.29) is 34.9 Å². The lowest BCUT2D eigenvalue weighted by Crippen LogP contribution is -2.08. The van der Waals surface area contributed by atoms with Crippen LogP contribution < -0.4 is 9.47 Å². The van der Waals surface area contributed by atoms with E-state index in [1.54, 1.807) is 0 Å². The molecule has 0 radical (unpaired) electrons. The summed E-state index contributed by atoms with van der Waals surface area (Å²) in [6, 6.07) is 2.83. The van der Waals surface area contributed by atoms with E-state index in [9.17, 15) is 13.6 Å². The first-order valence-corrected chi connectivity index (χ1v) is 7.82. The first-order valence-electron chi connectivity index (χ1n) is 7.44. The van der Waals surface area contributed by atoms with Gasteiger partial charge in [0.25, 0.3) is 0 Å². The van der Waals surface area contributed by atoms with E-state index in [4.69, 9.17) is 26.2 Å². The first-order chi connectivity index (χ1) is 12.3. The van der Waals surface area contributed by atoms with Gasteiger partial charge in [0.2, 0.25) is 5.88 Å². The molecule has 0 saturated carbocycles. The molecule has 26 heavy (non-hydrogen) atoms. The Morgan fingerprint density at radius 3 is 2.46 bits per heavy atom. The fourth-order valence-corrected chi connectivity index (χ4v) is 2.02. The Labute approximate surface area is 154 Å². The fraction of sp³-hybridized carbons (Fsp3) is 0.222. The highest BCUT2D eigenvalue weighted by Crippen LogP contribution is 2.27. The van der Waals surface area contributed by atoms with Crippen molar-refractivity contribution < 1.29 is 28.2 Å². The van der Waals surface area contributed by atoms with Gasteiger partial charge < -0.3 is 14.6 Å². The third kappa shape index (κ3) is 5.70. The van der Waals surface area contributed by atoms with Gasteiger partial charge in [0, 0.05) is 11.6 Å². The van der Waals surface area contributed by atoms with E-state index in [0.29, 0.717) is 6.07 Å². The molecule has 0 aliphatic carbocycles. The molecule has 0 unspecified atom stereocenters. The molecular formula is C18H18ClF2NO4. The molecule has 1 heterocycles. The van der Waals surface area contributed by atoms with Crippen molar-refractivity contribution >= 4 is 17.6 Å². The Kier molecular flexibility index (Phi) is 7.99. The van der Waals surface area contributed by atoms with Gasteiger partial charge >= 0.3 is 5.97 Å². The predicted octanol–water partition coefficient (Wildman–Crippen LogP) is 4.88. The van der Waals surface area contributed by atoms with Crippen LogP contribution >= 0.6 is 11.6 Å². The van der Waals surface area contributed by atoms with Gasteiger partial charge in [-0.3, -0.25) is 0 Å². The molecule has 0 fully saturated rings. The Bertz CT molecular complexity index is 784. The van der Waals surface area contributed by atoms with Gasteiger partial charge in [0.15, 0.2) is 0 Å². The number of nitrogens with zero attached hydrogens (tertiary/aromatic N) is 1. The van der Waals surface area contributed by atoms with Gasteiger partial charge in [-0.1, -0.05) is 11.6 Å². The average Bonchev–Trinajstić information content (AvgIpc) is 2.58. The second-order valence-corrected chi connectivity index (χ2v) is 5.55. The summed E-state index contributed by atoms with van der Waals surface area (Å²) in [5, 5.41) is 8.95. The number of pyridine rings is 1. The molecule has 2 aromatic rings. The van der Waals surface area contributed by atoms with Gasteiger partial charge in [0.05, 0.1) is 17.9 Å². The maximum Gasteiger partial charge on any atom is 0.338 e. The summed E-state index contributed by atoms with van der Waals surface area (Å²) in [5.41, 5.74) is -0.868. The van der Waals surface area contributed by atoms with Crippen LogP contribution in [-0.2, 0) is 6.61 Å². The van der Waals surface area contributed by atoms with Crippen molar-refractivity contribution in [1.29, 1.82) is 0 Å². The number of benzene rings is 1. The summed E-state index contributed by atoms with van der Waals surface area (Å²) >= 11 is 6.00. The molecule has 0 saturated heterocycles. The van der Waals surface area contributed by atoms with Crippen molar-refractivity contribution in [3.63, 3.8) is 0 Å². The van der Waals surface area contributed by atoms with Crippen LogP contribution in [-0.4, -0.2) is 22.2 Å². The smallest absolute Gasteiger partial charge is 0.338 e. The number of carboxylic acid groups (broad SMARTS) is 1. The molecule has 0 bridgehead atoms. The molecule has 0 aliphatic heterocycles. The number of aromatic carboxylic acids is 1. The van der Waals surface area contributed by atoms with E-state index < -0.39 is 23.2 Å². The van der Waals surface area contributed by atoms with Crippen LogP contribution in [0, 0.1) is 11.6 Å². The number of halogens is 3. The van der Waals surface area contributed by atoms with Crippen molar-refractivity contribution in [2.75, 3.05) is 0 Å². The number of aromatic nitrogens is 1. The largest absolute Gasteiger partial charge is 0.487 e.